The van der Waals surface area contributed by atoms with Crippen LogP contribution in [-0.4, -0.2) is 36.6 Å². The first-order chi connectivity index (χ1) is 12.1. The molecule has 0 aliphatic carbocycles. The van der Waals surface area contributed by atoms with Gasteiger partial charge in [-0.25, -0.2) is 0 Å². The highest BCUT2D eigenvalue weighted by molar-refractivity contribution is 5.91. The average Bonchev–Trinajstić information content (AvgIpc) is 2.66. The molecule has 0 aromatic heterocycles. The predicted octanol–water partition coefficient (Wildman–Crippen LogP) is 4.92. The fraction of sp³-hybridized carbons (Fsp3) is 0.350. The molecule has 0 saturated carbocycles. The molecule has 1 N–H and O–H groups in total. The van der Waals surface area contributed by atoms with Gasteiger partial charge in [0.2, 0.25) is 0 Å². The molecule has 0 spiro atoms. The Kier molecular flexibility index (Phi) is 6.83. The summed E-state index contributed by atoms with van der Waals surface area (Å²) in [5, 5.41) is 11.4. The number of anilines is 1. The zero-order chi connectivity index (χ0) is 18.1. The van der Waals surface area contributed by atoms with Crippen LogP contribution in [0.5, 0.6) is 0 Å². The van der Waals surface area contributed by atoms with E-state index in [2.05, 4.69) is 36.3 Å². The van der Waals surface area contributed by atoms with Crippen molar-refractivity contribution in [3.05, 3.63) is 54.6 Å². The Labute approximate surface area is 150 Å². The Bertz CT molecular complexity index is 683. The Morgan fingerprint density at radius 2 is 1.36 bits per heavy atom. The summed E-state index contributed by atoms with van der Waals surface area (Å²) in [6.45, 7) is 9.77. The minimum Gasteiger partial charge on any atom is -0.321 e. The number of nitrogens with zero attached hydrogens (tertiary/aromatic N) is 3. The van der Waals surface area contributed by atoms with E-state index in [4.69, 9.17) is 0 Å². The molecule has 0 saturated heterocycles. The molecule has 0 aliphatic heterocycles. The topological polar surface area (TPSA) is 53.8 Å². The second-order valence-corrected chi connectivity index (χ2v) is 6.08. The summed E-state index contributed by atoms with van der Waals surface area (Å²) in [4.78, 5) is 12.3. The fourth-order valence-corrected chi connectivity index (χ4v) is 2.73. The molecule has 25 heavy (non-hydrogen) atoms. The van der Waals surface area contributed by atoms with Crippen molar-refractivity contribution in [2.24, 2.45) is 10.2 Å². The van der Waals surface area contributed by atoms with Crippen LogP contribution in [0.4, 0.5) is 17.1 Å². The van der Waals surface area contributed by atoms with Crippen molar-refractivity contribution in [3.63, 3.8) is 0 Å². The van der Waals surface area contributed by atoms with E-state index in [1.807, 2.05) is 54.6 Å². The Morgan fingerprint density at radius 3 is 1.88 bits per heavy atom. The summed E-state index contributed by atoms with van der Waals surface area (Å²) >= 11 is 0. The number of carbonyl (C=O) groups is 1. The number of benzene rings is 2. The number of quaternary nitrogens is 1. The highest BCUT2D eigenvalue weighted by atomic mass is 16.2. The average molecular weight is 339 g/mol. The molecule has 5 heteroatoms. The summed E-state index contributed by atoms with van der Waals surface area (Å²) in [6, 6.07) is 17.0. The number of azo groups is 1. The quantitative estimate of drug-likeness (QED) is 0.539. The molecule has 0 fully saturated rings. The van der Waals surface area contributed by atoms with Crippen LogP contribution in [0, 0.1) is 0 Å². The second-order valence-electron chi connectivity index (χ2n) is 6.08. The van der Waals surface area contributed by atoms with E-state index in [0.717, 1.165) is 41.2 Å². The highest BCUT2D eigenvalue weighted by Gasteiger charge is 2.24. The predicted molar refractivity (Wildman–Crippen MR) is 102 cm³/mol. The zero-order valence-electron chi connectivity index (χ0n) is 15.3. The van der Waals surface area contributed by atoms with E-state index in [0.29, 0.717) is 6.54 Å². The molecule has 0 aliphatic rings. The number of hydrogen-bond acceptors (Lipinski definition) is 3. The molecule has 1 amide bonds. The van der Waals surface area contributed by atoms with Gasteiger partial charge in [0.1, 0.15) is 0 Å². The van der Waals surface area contributed by atoms with Crippen LogP contribution in [0.15, 0.2) is 64.8 Å². The van der Waals surface area contributed by atoms with Gasteiger partial charge >= 0.3 is 0 Å². The summed E-state index contributed by atoms with van der Waals surface area (Å²) in [6.07, 6.45) is 0. The summed E-state index contributed by atoms with van der Waals surface area (Å²) in [7, 11) is 0. The van der Waals surface area contributed by atoms with Gasteiger partial charge in [0, 0.05) is 5.69 Å². The standard InChI is InChI=1S/C20H26N4O/c1-4-24(5-2,6-3)16-20(25)21-17-12-14-19(15-13-17)23-22-18-10-8-7-9-11-18/h7-15H,4-6,16H2,1-3H3/p+1. The number of nitrogens with one attached hydrogen (secondary N) is 1. The lowest BCUT2D eigenvalue weighted by Gasteiger charge is -2.34. The van der Waals surface area contributed by atoms with Crippen molar-refractivity contribution in [2.45, 2.75) is 20.8 Å². The Balaban J connectivity index is 1.96. The molecule has 0 heterocycles. The van der Waals surface area contributed by atoms with Crippen LogP contribution in [0.2, 0.25) is 0 Å². The van der Waals surface area contributed by atoms with Gasteiger partial charge in [-0.3, -0.25) is 4.79 Å². The lowest BCUT2D eigenvalue weighted by atomic mass is 10.2. The van der Waals surface area contributed by atoms with E-state index in [9.17, 15) is 4.79 Å². The molecule has 0 radical (unpaired) electrons. The molecule has 2 aromatic rings. The van der Waals surface area contributed by atoms with Gasteiger partial charge in [-0.2, -0.15) is 10.2 Å². The minimum absolute atomic E-state index is 0.0456. The number of likely N-dealkylation sites (N-methyl/N-ethyl adjacent to an activating group) is 1. The SMILES string of the molecule is CC[N+](CC)(CC)CC(=O)Nc1ccc(N=Nc2ccccc2)cc1. The molecular weight excluding hydrogens is 312 g/mol. The maximum atomic E-state index is 12.3. The van der Waals surface area contributed by atoms with Gasteiger partial charge in [-0.15, -0.1) is 0 Å². The maximum Gasteiger partial charge on any atom is 0.279 e. The van der Waals surface area contributed by atoms with Gasteiger partial charge < -0.3 is 9.80 Å². The van der Waals surface area contributed by atoms with Crippen molar-refractivity contribution >= 4 is 23.0 Å². The first-order valence-corrected chi connectivity index (χ1v) is 8.82. The van der Waals surface area contributed by atoms with E-state index in [1.165, 1.54) is 0 Å². The van der Waals surface area contributed by atoms with Gasteiger partial charge in [0.05, 0.1) is 31.0 Å². The van der Waals surface area contributed by atoms with Crippen molar-refractivity contribution in [3.8, 4) is 0 Å². The van der Waals surface area contributed by atoms with Crippen molar-refractivity contribution in [1.82, 2.24) is 0 Å². The van der Waals surface area contributed by atoms with Gasteiger partial charge in [-0.05, 0) is 57.2 Å². The second kappa shape index (κ2) is 9.08. The molecular formula is C20H27N4O+. The fourth-order valence-electron chi connectivity index (χ4n) is 2.73. The highest BCUT2D eigenvalue weighted by Crippen LogP contribution is 2.20. The summed E-state index contributed by atoms with van der Waals surface area (Å²) in [5.74, 6) is 0.0456. The number of carbonyl (C=O) groups excluding carboxylic acids is 1. The molecule has 132 valence electrons. The lowest BCUT2D eigenvalue weighted by Crippen LogP contribution is -2.51. The largest absolute Gasteiger partial charge is 0.321 e. The maximum absolute atomic E-state index is 12.3. The number of amides is 1. The van der Waals surface area contributed by atoms with Gasteiger partial charge in [0.15, 0.2) is 6.54 Å². The third-order valence-corrected chi connectivity index (χ3v) is 4.68. The van der Waals surface area contributed by atoms with E-state index >= 15 is 0 Å². The zero-order valence-corrected chi connectivity index (χ0v) is 15.3. The lowest BCUT2D eigenvalue weighted by molar-refractivity contribution is -0.915. The van der Waals surface area contributed by atoms with Crippen LogP contribution in [0.1, 0.15) is 20.8 Å². The molecule has 0 atom stereocenters. The van der Waals surface area contributed by atoms with Crippen LogP contribution >= 0.6 is 0 Å². The molecule has 2 rings (SSSR count). The minimum atomic E-state index is 0.0456. The normalized spacial score (nSPS) is 11.6. The van der Waals surface area contributed by atoms with Crippen molar-refractivity contribution < 1.29 is 9.28 Å². The first-order valence-electron chi connectivity index (χ1n) is 8.82. The van der Waals surface area contributed by atoms with E-state index < -0.39 is 0 Å². The molecule has 5 nitrogen and oxygen atoms in total. The van der Waals surface area contributed by atoms with Crippen molar-refractivity contribution in [2.75, 3.05) is 31.5 Å². The van der Waals surface area contributed by atoms with Gasteiger partial charge in [0.25, 0.3) is 5.91 Å². The summed E-state index contributed by atoms with van der Waals surface area (Å²) < 4.78 is 0.801. The third-order valence-electron chi connectivity index (χ3n) is 4.68. The van der Waals surface area contributed by atoms with Crippen molar-refractivity contribution in [1.29, 1.82) is 0 Å². The number of rotatable bonds is 8. The summed E-state index contributed by atoms with van der Waals surface area (Å²) in [5.41, 5.74) is 2.35. The number of hydrogen-bond donors (Lipinski definition) is 1. The molecule has 0 unspecified atom stereocenters. The smallest absolute Gasteiger partial charge is 0.279 e. The van der Waals surface area contributed by atoms with E-state index in [-0.39, 0.29) is 5.91 Å². The van der Waals surface area contributed by atoms with Crippen LogP contribution in [0.3, 0.4) is 0 Å². The van der Waals surface area contributed by atoms with E-state index in [1.54, 1.807) is 0 Å². The molecule has 2 aromatic carbocycles. The van der Waals surface area contributed by atoms with Crippen LogP contribution < -0.4 is 5.32 Å². The Hall–Kier alpha value is -2.53. The molecule has 0 bridgehead atoms. The van der Waals surface area contributed by atoms with Crippen LogP contribution in [0.25, 0.3) is 0 Å². The van der Waals surface area contributed by atoms with Gasteiger partial charge in [-0.1, -0.05) is 18.2 Å². The third kappa shape index (κ3) is 5.50. The monoisotopic (exact) mass is 339 g/mol. The first kappa shape index (κ1) is 18.8. The van der Waals surface area contributed by atoms with Crippen LogP contribution in [-0.2, 0) is 4.79 Å². The Morgan fingerprint density at radius 1 is 0.840 bits per heavy atom.